The first-order chi connectivity index (χ1) is 11.6. The van der Waals surface area contributed by atoms with Crippen molar-refractivity contribution in [2.45, 2.75) is 49.5 Å². The maximum Gasteiger partial charge on any atom is 0.243 e. The molecule has 3 rings (SSSR count). The highest BCUT2D eigenvalue weighted by molar-refractivity contribution is 7.89. The lowest BCUT2D eigenvalue weighted by Crippen LogP contribution is -2.45. The number of hydrogen-bond acceptors (Lipinski definition) is 4. The molecule has 0 aliphatic carbocycles. The predicted molar refractivity (Wildman–Crippen MR) is 93.0 cm³/mol. The Labute approximate surface area is 144 Å². The van der Waals surface area contributed by atoms with Crippen LogP contribution in [-0.2, 0) is 10.0 Å². The van der Waals surface area contributed by atoms with E-state index in [2.05, 4.69) is 4.90 Å². The predicted octanol–water partition coefficient (Wildman–Crippen LogP) is 2.59. The summed E-state index contributed by atoms with van der Waals surface area (Å²) in [6.07, 6.45) is 6.36. The van der Waals surface area contributed by atoms with Crippen LogP contribution in [-0.4, -0.2) is 49.8 Å². The van der Waals surface area contributed by atoms with Crippen molar-refractivity contribution < 1.29 is 8.42 Å². The Morgan fingerprint density at radius 3 is 2.62 bits per heavy atom. The lowest BCUT2D eigenvalue weighted by molar-refractivity contribution is 0.213. The van der Waals surface area contributed by atoms with Gasteiger partial charge in [0.15, 0.2) is 0 Å². The third kappa shape index (κ3) is 3.80. The Morgan fingerprint density at radius 2 is 1.88 bits per heavy atom. The molecule has 0 unspecified atom stereocenters. The fourth-order valence-corrected chi connectivity index (χ4v) is 5.55. The molecule has 0 aromatic heterocycles. The van der Waals surface area contributed by atoms with Gasteiger partial charge in [-0.2, -0.15) is 9.57 Å². The number of nitriles is 1. The van der Waals surface area contributed by atoms with Crippen LogP contribution in [0.15, 0.2) is 29.2 Å². The van der Waals surface area contributed by atoms with Gasteiger partial charge in [0.2, 0.25) is 10.0 Å². The standard InChI is InChI=1S/C18H25N3O2S/c19-15-16-6-5-8-18(14-16)24(22,23)21-12-2-1-7-17(21)9-13-20-10-3-4-11-20/h5-6,8,14,17H,1-4,7,9-13H2/t17-/m1/s1. The van der Waals surface area contributed by atoms with E-state index < -0.39 is 10.0 Å². The minimum absolute atomic E-state index is 0.0788. The van der Waals surface area contributed by atoms with E-state index in [0.717, 1.165) is 45.3 Å². The highest BCUT2D eigenvalue weighted by atomic mass is 32.2. The Hall–Kier alpha value is -1.42. The lowest BCUT2D eigenvalue weighted by atomic mass is 10.0. The summed E-state index contributed by atoms with van der Waals surface area (Å²) in [4.78, 5) is 2.69. The molecule has 0 N–H and O–H groups in total. The average Bonchev–Trinajstić information content (AvgIpc) is 3.14. The number of piperidine rings is 1. The second-order valence-corrected chi connectivity index (χ2v) is 8.63. The minimum Gasteiger partial charge on any atom is -0.303 e. The van der Waals surface area contributed by atoms with Crippen LogP contribution in [0, 0.1) is 11.3 Å². The number of hydrogen-bond donors (Lipinski definition) is 0. The molecule has 2 heterocycles. The highest BCUT2D eigenvalue weighted by Gasteiger charge is 2.33. The zero-order valence-corrected chi connectivity index (χ0v) is 14.8. The van der Waals surface area contributed by atoms with Crippen LogP contribution in [0.1, 0.15) is 44.1 Å². The first-order valence-electron chi connectivity index (χ1n) is 8.85. The second-order valence-electron chi connectivity index (χ2n) is 6.74. The topological polar surface area (TPSA) is 64.4 Å². The van der Waals surface area contributed by atoms with E-state index in [1.165, 1.54) is 18.9 Å². The van der Waals surface area contributed by atoms with Crippen LogP contribution >= 0.6 is 0 Å². The molecule has 24 heavy (non-hydrogen) atoms. The highest BCUT2D eigenvalue weighted by Crippen LogP contribution is 2.28. The summed E-state index contributed by atoms with van der Waals surface area (Å²) < 4.78 is 27.8. The number of nitrogens with zero attached hydrogens (tertiary/aromatic N) is 3. The molecule has 2 aliphatic heterocycles. The van der Waals surface area contributed by atoms with Crippen molar-refractivity contribution in [2.24, 2.45) is 0 Å². The average molecular weight is 347 g/mol. The van der Waals surface area contributed by atoms with Crippen molar-refractivity contribution in [2.75, 3.05) is 26.2 Å². The van der Waals surface area contributed by atoms with Crippen LogP contribution in [0.2, 0.25) is 0 Å². The van der Waals surface area contributed by atoms with Gasteiger partial charge < -0.3 is 4.90 Å². The van der Waals surface area contributed by atoms with Crippen LogP contribution in [0.25, 0.3) is 0 Å². The van der Waals surface area contributed by atoms with Crippen molar-refractivity contribution in [3.8, 4) is 6.07 Å². The molecule has 6 heteroatoms. The summed E-state index contributed by atoms with van der Waals surface area (Å²) in [6.45, 7) is 3.85. The van der Waals surface area contributed by atoms with E-state index >= 15 is 0 Å². The van der Waals surface area contributed by atoms with Crippen LogP contribution < -0.4 is 0 Å². The third-order valence-corrected chi connectivity index (χ3v) is 7.07. The van der Waals surface area contributed by atoms with Gasteiger partial charge in [0.25, 0.3) is 0 Å². The largest absolute Gasteiger partial charge is 0.303 e. The molecule has 0 bridgehead atoms. The molecule has 130 valence electrons. The summed E-state index contributed by atoms with van der Waals surface area (Å²) >= 11 is 0. The summed E-state index contributed by atoms with van der Waals surface area (Å²) in [5, 5.41) is 9.03. The van der Waals surface area contributed by atoms with E-state index in [9.17, 15) is 8.42 Å². The molecule has 0 saturated carbocycles. The van der Waals surface area contributed by atoms with Gasteiger partial charge in [0, 0.05) is 12.6 Å². The maximum absolute atomic E-state index is 13.1. The van der Waals surface area contributed by atoms with E-state index in [4.69, 9.17) is 5.26 Å². The minimum atomic E-state index is -3.53. The van der Waals surface area contributed by atoms with Gasteiger partial charge in [-0.1, -0.05) is 12.5 Å². The summed E-state index contributed by atoms with van der Waals surface area (Å²) in [7, 11) is -3.53. The molecular weight excluding hydrogens is 322 g/mol. The van der Waals surface area contributed by atoms with Gasteiger partial charge in [0.1, 0.15) is 0 Å². The monoisotopic (exact) mass is 347 g/mol. The molecule has 2 saturated heterocycles. The third-order valence-electron chi connectivity index (χ3n) is 5.12. The normalized spacial score (nSPS) is 23.2. The smallest absolute Gasteiger partial charge is 0.243 e. The number of likely N-dealkylation sites (tertiary alicyclic amines) is 1. The Balaban J connectivity index is 1.76. The Morgan fingerprint density at radius 1 is 1.12 bits per heavy atom. The molecule has 1 atom stereocenters. The molecule has 5 nitrogen and oxygen atoms in total. The molecule has 2 aliphatic rings. The van der Waals surface area contributed by atoms with Crippen molar-refractivity contribution in [1.82, 2.24) is 9.21 Å². The molecule has 0 radical (unpaired) electrons. The molecule has 2 fully saturated rings. The van der Waals surface area contributed by atoms with Gasteiger partial charge >= 0.3 is 0 Å². The van der Waals surface area contributed by atoms with Gasteiger partial charge in [-0.05, 0) is 69.9 Å². The molecule has 0 spiro atoms. The Kier molecular flexibility index (Phi) is 5.54. The summed E-state index contributed by atoms with van der Waals surface area (Å²) in [5.41, 5.74) is 0.390. The summed E-state index contributed by atoms with van der Waals surface area (Å²) in [5.74, 6) is 0. The second kappa shape index (κ2) is 7.64. The van der Waals surface area contributed by atoms with Crippen LogP contribution in [0.5, 0.6) is 0 Å². The number of benzene rings is 1. The van der Waals surface area contributed by atoms with Crippen molar-refractivity contribution in [3.63, 3.8) is 0 Å². The van der Waals surface area contributed by atoms with Crippen LogP contribution in [0.4, 0.5) is 0 Å². The van der Waals surface area contributed by atoms with E-state index in [1.54, 1.807) is 22.5 Å². The fourth-order valence-electron chi connectivity index (χ4n) is 3.78. The van der Waals surface area contributed by atoms with E-state index in [1.807, 2.05) is 6.07 Å². The zero-order chi connectivity index (χ0) is 17.0. The van der Waals surface area contributed by atoms with E-state index in [-0.39, 0.29) is 10.9 Å². The van der Waals surface area contributed by atoms with Gasteiger partial charge in [0.05, 0.1) is 16.5 Å². The first kappa shape index (κ1) is 17.4. The van der Waals surface area contributed by atoms with Crippen LogP contribution in [0.3, 0.4) is 0 Å². The number of rotatable bonds is 5. The van der Waals surface area contributed by atoms with Gasteiger partial charge in [-0.15, -0.1) is 0 Å². The fraction of sp³-hybridized carbons (Fsp3) is 0.611. The van der Waals surface area contributed by atoms with Crippen molar-refractivity contribution in [1.29, 1.82) is 5.26 Å². The quantitative estimate of drug-likeness (QED) is 0.821. The maximum atomic E-state index is 13.1. The van der Waals surface area contributed by atoms with Gasteiger partial charge in [-0.25, -0.2) is 8.42 Å². The molecular formula is C18H25N3O2S. The lowest BCUT2D eigenvalue weighted by Gasteiger charge is -2.35. The first-order valence-corrected chi connectivity index (χ1v) is 10.3. The molecule has 1 aromatic carbocycles. The zero-order valence-electron chi connectivity index (χ0n) is 14.0. The Bertz CT molecular complexity index is 705. The SMILES string of the molecule is N#Cc1cccc(S(=O)(=O)N2CCCC[C@@H]2CCN2CCCC2)c1. The summed E-state index contributed by atoms with van der Waals surface area (Å²) in [6, 6.07) is 8.48. The van der Waals surface area contributed by atoms with Crippen molar-refractivity contribution >= 4 is 10.0 Å². The number of sulfonamides is 1. The molecule has 1 aromatic rings. The van der Waals surface area contributed by atoms with Crippen molar-refractivity contribution in [3.05, 3.63) is 29.8 Å². The molecule has 0 amide bonds. The van der Waals surface area contributed by atoms with Gasteiger partial charge in [-0.3, -0.25) is 0 Å². The van der Waals surface area contributed by atoms with E-state index in [0.29, 0.717) is 12.1 Å².